The van der Waals surface area contributed by atoms with Gasteiger partial charge < -0.3 is 5.11 Å². The molecule has 2 heteroatoms. The van der Waals surface area contributed by atoms with Gasteiger partial charge in [-0.1, -0.05) is 24.3 Å². The van der Waals surface area contributed by atoms with E-state index in [0.29, 0.717) is 17.7 Å². The number of likely N-dealkylation sites (N-methyl/N-ethyl adjacent to an activating group) is 1. The molecule has 1 N–H and O–H groups in total. The third-order valence-corrected chi connectivity index (χ3v) is 5.31. The van der Waals surface area contributed by atoms with Gasteiger partial charge in [-0.3, -0.25) is 4.90 Å². The van der Waals surface area contributed by atoms with E-state index >= 15 is 0 Å². The van der Waals surface area contributed by atoms with E-state index in [1.807, 2.05) is 12.1 Å². The van der Waals surface area contributed by atoms with Crippen molar-refractivity contribution in [2.24, 2.45) is 0 Å². The molecule has 2 aliphatic rings. The first-order chi connectivity index (χ1) is 10.1. The number of phenolic OH excluding ortho intramolecular Hbond substituents is 1. The van der Waals surface area contributed by atoms with E-state index < -0.39 is 0 Å². The number of benzene rings is 2. The number of aryl methyl sites for hydroxylation is 2. The van der Waals surface area contributed by atoms with Crippen LogP contribution < -0.4 is 0 Å². The van der Waals surface area contributed by atoms with E-state index in [1.54, 1.807) is 0 Å². The second-order valence-corrected chi connectivity index (χ2v) is 6.52. The highest BCUT2D eigenvalue weighted by Gasteiger charge is 2.38. The highest BCUT2D eigenvalue weighted by atomic mass is 16.3. The van der Waals surface area contributed by atoms with Crippen LogP contribution >= 0.6 is 0 Å². The Balaban J connectivity index is 1.95. The minimum absolute atomic E-state index is 0.386. The third-order valence-electron chi connectivity index (χ3n) is 5.31. The van der Waals surface area contributed by atoms with Crippen molar-refractivity contribution in [1.29, 1.82) is 0 Å². The second-order valence-electron chi connectivity index (χ2n) is 6.52. The summed E-state index contributed by atoms with van der Waals surface area (Å²) in [6.45, 7) is 3.25. The predicted molar refractivity (Wildman–Crippen MR) is 84.7 cm³/mol. The Morgan fingerprint density at radius 3 is 2.86 bits per heavy atom. The van der Waals surface area contributed by atoms with Gasteiger partial charge in [0.25, 0.3) is 0 Å². The van der Waals surface area contributed by atoms with Crippen LogP contribution in [0.1, 0.15) is 40.2 Å². The highest BCUT2D eigenvalue weighted by Crippen LogP contribution is 2.45. The van der Waals surface area contributed by atoms with Crippen molar-refractivity contribution in [3.8, 4) is 5.75 Å². The Hall–Kier alpha value is -1.80. The van der Waals surface area contributed by atoms with Gasteiger partial charge in [-0.05, 0) is 66.8 Å². The van der Waals surface area contributed by atoms with Gasteiger partial charge in [0.05, 0.1) is 0 Å². The lowest BCUT2D eigenvalue weighted by Crippen LogP contribution is -2.44. The summed E-state index contributed by atoms with van der Waals surface area (Å²) in [4.78, 5) is 2.49. The lowest BCUT2D eigenvalue weighted by atomic mass is 9.71. The molecule has 0 saturated heterocycles. The van der Waals surface area contributed by atoms with Crippen LogP contribution in [-0.4, -0.2) is 23.1 Å². The molecule has 2 aromatic rings. The topological polar surface area (TPSA) is 23.5 Å². The predicted octanol–water partition coefficient (Wildman–Crippen LogP) is 3.59. The molecule has 2 aromatic carbocycles. The van der Waals surface area contributed by atoms with Gasteiger partial charge >= 0.3 is 0 Å². The molecular weight excluding hydrogens is 258 g/mol. The van der Waals surface area contributed by atoms with Gasteiger partial charge in [-0.15, -0.1) is 0 Å². The zero-order valence-corrected chi connectivity index (χ0v) is 12.6. The van der Waals surface area contributed by atoms with Crippen molar-refractivity contribution >= 4 is 0 Å². The van der Waals surface area contributed by atoms with Crippen LogP contribution in [0.5, 0.6) is 5.75 Å². The lowest BCUT2D eigenvalue weighted by molar-refractivity contribution is 0.178. The van der Waals surface area contributed by atoms with Gasteiger partial charge in [0.1, 0.15) is 5.75 Å². The zero-order valence-electron chi connectivity index (χ0n) is 12.6. The Labute approximate surface area is 126 Å². The number of phenols is 1. The van der Waals surface area contributed by atoms with E-state index in [-0.39, 0.29) is 0 Å². The standard InChI is InChI=1S/C19H21NO/c1-12-4-3-5-15-17(12)11-20(2)18-9-7-13-6-8-14(21)10-16(13)19(15)18/h3-6,8,10,18-19,21H,7,9,11H2,1-2H3/t18-,19-/m1/s1. The molecule has 2 atom stereocenters. The fraction of sp³-hybridized carbons (Fsp3) is 0.368. The monoisotopic (exact) mass is 279 g/mol. The van der Waals surface area contributed by atoms with Crippen molar-refractivity contribution in [2.75, 3.05) is 7.05 Å². The average Bonchev–Trinajstić information content (AvgIpc) is 2.48. The Bertz CT molecular complexity index is 707. The van der Waals surface area contributed by atoms with Gasteiger partial charge in [0.15, 0.2) is 0 Å². The maximum atomic E-state index is 9.93. The molecule has 0 aromatic heterocycles. The Morgan fingerprint density at radius 1 is 1.14 bits per heavy atom. The summed E-state index contributed by atoms with van der Waals surface area (Å²) in [5.74, 6) is 0.784. The normalized spacial score (nSPS) is 24.1. The largest absolute Gasteiger partial charge is 0.508 e. The molecule has 1 aliphatic carbocycles. The maximum Gasteiger partial charge on any atom is 0.115 e. The minimum atomic E-state index is 0.386. The molecule has 0 spiro atoms. The van der Waals surface area contributed by atoms with E-state index in [4.69, 9.17) is 0 Å². The summed E-state index contributed by atoms with van der Waals surface area (Å²) in [7, 11) is 2.24. The highest BCUT2D eigenvalue weighted by molar-refractivity contribution is 5.50. The fourth-order valence-electron chi connectivity index (χ4n) is 4.23. The van der Waals surface area contributed by atoms with Gasteiger partial charge in [-0.2, -0.15) is 0 Å². The quantitative estimate of drug-likeness (QED) is 0.796. The summed E-state index contributed by atoms with van der Waals surface area (Å²) in [6.07, 6.45) is 2.31. The van der Waals surface area contributed by atoms with Crippen molar-refractivity contribution in [2.45, 2.75) is 38.3 Å². The molecular formula is C19H21NO. The van der Waals surface area contributed by atoms with Crippen LogP contribution in [-0.2, 0) is 13.0 Å². The lowest BCUT2D eigenvalue weighted by Gasteiger charge is -2.44. The molecule has 0 bridgehead atoms. The first-order valence-corrected chi connectivity index (χ1v) is 7.75. The summed E-state index contributed by atoms with van der Waals surface area (Å²) < 4.78 is 0. The molecule has 1 aliphatic heterocycles. The number of rotatable bonds is 0. The smallest absolute Gasteiger partial charge is 0.115 e. The van der Waals surface area contributed by atoms with E-state index in [0.717, 1.165) is 13.0 Å². The Morgan fingerprint density at radius 2 is 2.00 bits per heavy atom. The number of fused-ring (bicyclic) bond motifs is 5. The molecule has 2 nitrogen and oxygen atoms in total. The molecule has 0 radical (unpaired) electrons. The molecule has 0 fully saturated rings. The second kappa shape index (κ2) is 4.60. The number of hydrogen-bond donors (Lipinski definition) is 1. The first-order valence-electron chi connectivity index (χ1n) is 7.75. The molecule has 1 heterocycles. The minimum Gasteiger partial charge on any atom is -0.508 e. The summed E-state index contributed by atoms with van der Waals surface area (Å²) >= 11 is 0. The summed E-state index contributed by atoms with van der Waals surface area (Å²) in [6, 6.07) is 13.1. The van der Waals surface area contributed by atoms with E-state index in [1.165, 1.54) is 34.2 Å². The van der Waals surface area contributed by atoms with Crippen molar-refractivity contribution in [3.05, 3.63) is 64.2 Å². The molecule has 0 saturated carbocycles. The van der Waals surface area contributed by atoms with Crippen LogP contribution in [0.4, 0.5) is 0 Å². The number of aromatic hydroxyl groups is 1. The van der Waals surface area contributed by atoms with Crippen molar-refractivity contribution in [1.82, 2.24) is 4.90 Å². The molecule has 0 amide bonds. The van der Waals surface area contributed by atoms with Gasteiger partial charge in [0.2, 0.25) is 0 Å². The molecule has 4 rings (SSSR count). The van der Waals surface area contributed by atoms with Crippen LogP contribution in [0.2, 0.25) is 0 Å². The van der Waals surface area contributed by atoms with Gasteiger partial charge in [-0.25, -0.2) is 0 Å². The molecule has 0 unspecified atom stereocenters. The maximum absolute atomic E-state index is 9.93. The van der Waals surface area contributed by atoms with E-state index in [2.05, 4.69) is 43.1 Å². The summed E-state index contributed by atoms with van der Waals surface area (Å²) in [5, 5.41) is 9.93. The van der Waals surface area contributed by atoms with Crippen LogP contribution in [0.25, 0.3) is 0 Å². The van der Waals surface area contributed by atoms with Crippen molar-refractivity contribution in [3.63, 3.8) is 0 Å². The van der Waals surface area contributed by atoms with Crippen LogP contribution in [0.3, 0.4) is 0 Å². The van der Waals surface area contributed by atoms with Crippen LogP contribution in [0.15, 0.2) is 36.4 Å². The SMILES string of the molecule is Cc1cccc2c1CN(C)[C@@H]1CCc3ccc(O)cc3[C@@H]21. The molecule has 108 valence electrons. The third kappa shape index (κ3) is 1.90. The number of nitrogens with zero attached hydrogens (tertiary/aromatic N) is 1. The zero-order chi connectivity index (χ0) is 14.6. The van der Waals surface area contributed by atoms with E-state index in [9.17, 15) is 5.11 Å². The first kappa shape index (κ1) is 12.9. The molecule has 21 heavy (non-hydrogen) atoms. The van der Waals surface area contributed by atoms with Crippen molar-refractivity contribution < 1.29 is 5.11 Å². The van der Waals surface area contributed by atoms with Crippen LogP contribution in [0, 0.1) is 6.92 Å². The summed E-state index contributed by atoms with van der Waals surface area (Å²) in [5.41, 5.74) is 7.04. The number of hydrogen-bond acceptors (Lipinski definition) is 2. The Kier molecular flexibility index (Phi) is 2.83. The average molecular weight is 279 g/mol. The van der Waals surface area contributed by atoms with Gasteiger partial charge in [0, 0.05) is 18.5 Å². The fourth-order valence-corrected chi connectivity index (χ4v) is 4.23.